The zero-order valence-electron chi connectivity index (χ0n) is 7.80. The first-order valence-electron chi connectivity index (χ1n) is 4.30. The van der Waals surface area contributed by atoms with Crippen molar-refractivity contribution in [1.82, 2.24) is 9.97 Å². The fraction of sp³-hybridized carbons (Fsp3) is 0.111. The summed E-state index contributed by atoms with van der Waals surface area (Å²) in [5.41, 5.74) is 1.68. The second-order valence-corrected chi connectivity index (χ2v) is 9.82. The quantitative estimate of drug-likeness (QED) is 0.707. The van der Waals surface area contributed by atoms with Crippen LogP contribution in [0.1, 0.15) is 0 Å². The average molecular weight is 412 g/mol. The molecule has 0 aliphatic heterocycles. The summed E-state index contributed by atoms with van der Waals surface area (Å²) in [6.45, 7) is 0. The lowest BCUT2D eigenvalue weighted by Crippen LogP contribution is -2.26. The number of fused-ring (bicyclic) bond motifs is 1. The summed E-state index contributed by atoms with van der Waals surface area (Å²) < 4.78 is -0.980. The third-order valence-electron chi connectivity index (χ3n) is 1.88. The number of rotatable bonds is 1. The van der Waals surface area contributed by atoms with Crippen LogP contribution in [-0.2, 0) is 4.79 Å². The summed E-state index contributed by atoms with van der Waals surface area (Å²) in [6.07, 6.45) is 0. The van der Waals surface area contributed by atoms with Crippen LogP contribution in [0.25, 0.3) is 11.0 Å². The predicted molar refractivity (Wildman–Crippen MR) is 74.2 cm³/mol. The number of para-hydroxylation sites is 2. The number of H-pyrrole nitrogens is 1. The molecule has 1 heterocycles. The number of alkyl halides is 3. The van der Waals surface area contributed by atoms with E-state index in [4.69, 9.17) is 0 Å². The molecule has 0 radical (unpaired) electrons. The van der Waals surface area contributed by atoms with E-state index in [1.807, 2.05) is 24.3 Å². The molecule has 0 atom stereocenters. The molecule has 4 nitrogen and oxygen atoms in total. The molecule has 0 spiro atoms. The Kier molecular flexibility index (Phi) is 3.37. The highest BCUT2D eigenvalue weighted by atomic mass is 80.0. The highest BCUT2D eigenvalue weighted by Crippen LogP contribution is 2.34. The van der Waals surface area contributed by atoms with Gasteiger partial charge in [0.15, 0.2) is 0 Å². The molecular weight excluding hydrogens is 406 g/mol. The van der Waals surface area contributed by atoms with Crippen molar-refractivity contribution in [3.05, 3.63) is 24.3 Å². The fourth-order valence-electron chi connectivity index (χ4n) is 1.19. The molecule has 84 valence electrons. The van der Waals surface area contributed by atoms with Crippen LogP contribution in [0.3, 0.4) is 0 Å². The van der Waals surface area contributed by atoms with Crippen LogP contribution in [-0.4, -0.2) is 18.0 Å². The molecule has 2 rings (SSSR count). The van der Waals surface area contributed by atoms with Gasteiger partial charge in [-0.1, -0.05) is 12.1 Å². The van der Waals surface area contributed by atoms with Gasteiger partial charge >= 0.3 is 0 Å². The van der Waals surface area contributed by atoms with E-state index in [1.54, 1.807) is 0 Å². The van der Waals surface area contributed by atoms with E-state index in [0.717, 1.165) is 11.0 Å². The maximum Gasteiger partial charge on any atom is 0.265 e. The van der Waals surface area contributed by atoms with E-state index in [1.165, 1.54) is 0 Å². The van der Waals surface area contributed by atoms with Gasteiger partial charge in [-0.3, -0.25) is 10.1 Å². The van der Waals surface area contributed by atoms with Crippen LogP contribution in [0.5, 0.6) is 0 Å². The van der Waals surface area contributed by atoms with Crippen molar-refractivity contribution in [2.75, 3.05) is 5.32 Å². The van der Waals surface area contributed by atoms with Crippen LogP contribution < -0.4 is 5.32 Å². The maximum atomic E-state index is 11.6. The van der Waals surface area contributed by atoms with Gasteiger partial charge in [-0.2, -0.15) is 0 Å². The highest BCUT2D eigenvalue weighted by molar-refractivity contribution is 9.40. The van der Waals surface area contributed by atoms with Crippen molar-refractivity contribution in [3.63, 3.8) is 0 Å². The smallest absolute Gasteiger partial charge is 0.265 e. The molecule has 7 heteroatoms. The largest absolute Gasteiger partial charge is 0.324 e. The predicted octanol–water partition coefficient (Wildman–Crippen LogP) is 3.34. The van der Waals surface area contributed by atoms with E-state index < -0.39 is 2.14 Å². The number of carbonyl (C=O) groups is 1. The van der Waals surface area contributed by atoms with E-state index in [-0.39, 0.29) is 5.91 Å². The number of nitrogens with zero attached hydrogens (tertiary/aromatic N) is 1. The van der Waals surface area contributed by atoms with Gasteiger partial charge in [0.2, 0.25) is 8.09 Å². The van der Waals surface area contributed by atoms with Gasteiger partial charge in [-0.05, 0) is 59.9 Å². The Labute approximate surface area is 117 Å². The molecule has 1 aromatic carbocycles. The summed E-state index contributed by atoms with van der Waals surface area (Å²) in [5.74, 6) is 0.112. The number of aromatic amines is 1. The monoisotopic (exact) mass is 409 g/mol. The van der Waals surface area contributed by atoms with E-state index in [2.05, 4.69) is 63.1 Å². The Morgan fingerprint density at radius 3 is 2.62 bits per heavy atom. The molecule has 0 unspecified atom stereocenters. The number of aromatic nitrogens is 2. The molecule has 2 aromatic rings. The molecule has 2 N–H and O–H groups in total. The number of carbonyl (C=O) groups excluding carboxylic acids is 1. The third-order valence-corrected chi connectivity index (χ3v) is 2.96. The minimum Gasteiger partial charge on any atom is -0.324 e. The molecule has 0 aliphatic carbocycles. The van der Waals surface area contributed by atoms with E-state index in [9.17, 15) is 4.79 Å². The molecule has 0 saturated heterocycles. The molecule has 0 bridgehead atoms. The van der Waals surface area contributed by atoms with Gasteiger partial charge in [0.25, 0.3) is 5.91 Å². The van der Waals surface area contributed by atoms with E-state index >= 15 is 0 Å². The summed E-state index contributed by atoms with van der Waals surface area (Å²) >= 11 is 9.37. The van der Waals surface area contributed by atoms with Gasteiger partial charge in [0.05, 0.1) is 11.0 Å². The molecule has 16 heavy (non-hydrogen) atoms. The number of benzene rings is 1. The topological polar surface area (TPSA) is 57.8 Å². The third kappa shape index (κ3) is 2.64. The molecule has 0 fully saturated rings. The van der Waals surface area contributed by atoms with Gasteiger partial charge in [0, 0.05) is 0 Å². The Bertz CT molecular complexity index is 499. The van der Waals surface area contributed by atoms with Crippen molar-refractivity contribution in [1.29, 1.82) is 0 Å². The summed E-state index contributed by atoms with van der Waals surface area (Å²) in [7, 11) is 0. The van der Waals surface area contributed by atoms with Crippen LogP contribution in [0.2, 0.25) is 0 Å². The number of hydrogen-bond acceptors (Lipinski definition) is 2. The summed E-state index contributed by atoms with van der Waals surface area (Å²) in [6, 6.07) is 7.54. The van der Waals surface area contributed by atoms with Crippen LogP contribution >= 0.6 is 47.8 Å². The summed E-state index contributed by atoms with van der Waals surface area (Å²) in [4.78, 5) is 18.8. The molecule has 1 aromatic heterocycles. The van der Waals surface area contributed by atoms with Crippen LogP contribution in [0.4, 0.5) is 5.95 Å². The molecular formula is C9H6Br3N3O. The fourth-order valence-corrected chi connectivity index (χ4v) is 1.49. The lowest BCUT2D eigenvalue weighted by molar-refractivity contribution is -0.114. The normalized spacial score (nSPS) is 11.7. The number of amides is 1. The van der Waals surface area contributed by atoms with Crippen molar-refractivity contribution < 1.29 is 4.79 Å². The maximum absolute atomic E-state index is 11.6. The zero-order valence-corrected chi connectivity index (χ0v) is 12.6. The highest BCUT2D eigenvalue weighted by Gasteiger charge is 2.29. The Morgan fingerprint density at radius 2 is 2.00 bits per heavy atom. The number of hydrogen-bond donors (Lipinski definition) is 2. The summed E-state index contributed by atoms with van der Waals surface area (Å²) in [5, 5.41) is 2.63. The van der Waals surface area contributed by atoms with Crippen molar-refractivity contribution >= 4 is 70.7 Å². The lowest BCUT2D eigenvalue weighted by atomic mass is 10.3. The molecule has 1 amide bonds. The van der Waals surface area contributed by atoms with Gasteiger partial charge < -0.3 is 4.98 Å². The Hall–Kier alpha value is -0.400. The lowest BCUT2D eigenvalue weighted by Gasteiger charge is -2.09. The van der Waals surface area contributed by atoms with E-state index in [0.29, 0.717) is 5.95 Å². The first-order chi connectivity index (χ1) is 7.47. The molecule has 0 saturated carbocycles. The SMILES string of the molecule is O=C(Nc1nc2ccccc2[nH]1)C(Br)(Br)Br. The first-order valence-corrected chi connectivity index (χ1v) is 6.67. The van der Waals surface area contributed by atoms with Gasteiger partial charge in [-0.15, -0.1) is 0 Å². The second kappa shape index (κ2) is 4.46. The van der Waals surface area contributed by atoms with Crippen LogP contribution in [0, 0.1) is 0 Å². The number of imidazole rings is 1. The standard InChI is InChI=1S/C9H6Br3N3O/c10-9(11,12)7(16)15-8-13-5-3-1-2-4-6(5)14-8/h1-4H,(H2,13,14,15,16). The van der Waals surface area contributed by atoms with Crippen molar-refractivity contribution in [2.45, 2.75) is 2.14 Å². The number of halogens is 3. The Balaban J connectivity index is 2.25. The first kappa shape index (κ1) is 12.1. The van der Waals surface area contributed by atoms with Crippen molar-refractivity contribution in [3.8, 4) is 0 Å². The second-order valence-electron chi connectivity index (χ2n) is 3.05. The average Bonchev–Trinajstić information content (AvgIpc) is 2.58. The minimum absolute atomic E-state index is 0.299. The van der Waals surface area contributed by atoms with Crippen LogP contribution in [0.15, 0.2) is 24.3 Å². The van der Waals surface area contributed by atoms with Gasteiger partial charge in [0.1, 0.15) is 0 Å². The van der Waals surface area contributed by atoms with Gasteiger partial charge in [-0.25, -0.2) is 4.98 Å². The number of nitrogens with one attached hydrogen (secondary N) is 2. The zero-order chi connectivity index (χ0) is 11.8. The van der Waals surface area contributed by atoms with Crippen molar-refractivity contribution in [2.24, 2.45) is 0 Å². The minimum atomic E-state index is -0.980. The Morgan fingerprint density at radius 1 is 1.31 bits per heavy atom. The molecule has 0 aliphatic rings. The number of anilines is 1.